The molecule has 3 rings (SSSR count). The van der Waals surface area contributed by atoms with Crippen LogP contribution in [0.3, 0.4) is 0 Å². The van der Waals surface area contributed by atoms with Gasteiger partial charge in [0.25, 0.3) is 0 Å². The number of fused-ring (bicyclic) bond motifs is 1. The number of hydrogen-bond acceptors (Lipinski definition) is 4. The number of carbonyl (C=O) groups excluding carboxylic acids is 1. The highest BCUT2D eigenvalue weighted by atomic mass is 127. The number of nitrogens with one attached hydrogen (secondary N) is 1. The molecule has 1 aliphatic rings. The molecule has 0 saturated carbocycles. The highest BCUT2D eigenvalue weighted by Gasteiger charge is 2.23. The molecule has 2 aromatic rings. The van der Waals surface area contributed by atoms with Crippen LogP contribution in [0.25, 0.3) is 5.65 Å². The Kier molecular flexibility index (Phi) is 8.94. The summed E-state index contributed by atoms with van der Waals surface area (Å²) in [4.78, 5) is 18.3. The first kappa shape index (κ1) is 22.4. The minimum atomic E-state index is -0.218. The van der Waals surface area contributed by atoms with Gasteiger partial charge in [-0.2, -0.15) is 0 Å². The number of aliphatic imine (C=N–C) groups is 1. The van der Waals surface area contributed by atoms with Gasteiger partial charge in [0.05, 0.1) is 0 Å². The molecule has 0 bridgehead atoms. The van der Waals surface area contributed by atoms with Crippen LogP contribution in [0.15, 0.2) is 29.4 Å². The molecule has 1 amide bonds. The third-order valence-corrected chi connectivity index (χ3v) is 4.85. The zero-order valence-corrected chi connectivity index (χ0v) is 18.7. The lowest BCUT2D eigenvalue weighted by Gasteiger charge is -2.34. The summed E-state index contributed by atoms with van der Waals surface area (Å²) >= 11 is 0. The molecule has 154 valence electrons. The standard InChI is InChI=1S/C19H29N7O.HI/c1-2-21-19(25-11-6-7-15(14-25)13-16(20)27)22-10-5-9-18-24-23-17-8-3-4-12-26(17)18;/h3-4,8,12,15H,2,5-7,9-11,13-14H2,1H3,(H2,20,27)(H,21,22);1H. The molecular weight excluding hydrogens is 469 g/mol. The van der Waals surface area contributed by atoms with Crippen LogP contribution in [0.5, 0.6) is 0 Å². The lowest BCUT2D eigenvalue weighted by molar-refractivity contribution is -0.119. The van der Waals surface area contributed by atoms with Gasteiger partial charge in [-0.1, -0.05) is 6.07 Å². The lowest BCUT2D eigenvalue weighted by atomic mass is 9.95. The number of piperidine rings is 1. The number of nitrogens with zero attached hydrogens (tertiary/aromatic N) is 5. The molecule has 28 heavy (non-hydrogen) atoms. The van der Waals surface area contributed by atoms with E-state index in [1.54, 1.807) is 0 Å². The van der Waals surface area contributed by atoms with Crippen molar-refractivity contribution in [2.45, 2.75) is 39.0 Å². The van der Waals surface area contributed by atoms with Gasteiger partial charge in [0.15, 0.2) is 11.6 Å². The highest BCUT2D eigenvalue weighted by molar-refractivity contribution is 14.0. The van der Waals surface area contributed by atoms with E-state index in [9.17, 15) is 4.79 Å². The van der Waals surface area contributed by atoms with Gasteiger partial charge in [-0.25, -0.2) is 0 Å². The Morgan fingerprint density at radius 3 is 3.04 bits per heavy atom. The average molecular weight is 499 g/mol. The molecule has 9 heteroatoms. The number of guanidine groups is 1. The van der Waals surface area contributed by atoms with E-state index < -0.39 is 0 Å². The third kappa shape index (κ3) is 6.05. The van der Waals surface area contributed by atoms with E-state index in [1.165, 1.54) is 0 Å². The van der Waals surface area contributed by atoms with Gasteiger partial charge >= 0.3 is 0 Å². The molecule has 8 nitrogen and oxygen atoms in total. The molecule has 1 aliphatic heterocycles. The first-order valence-electron chi connectivity index (χ1n) is 9.77. The Morgan fingerprint density at radius 1 is 1.39 bits per heavy atom. The quantitative estimate of drug-likeness (QED) is 0.262. The monoisotopic (exact) mass is 499 g/mol. The van der Waals surface area contributed by atoms with Crippen LogP contribution in [0.2, 0.25) is 0 Å². The van der Waals surface area contributed by atoms with E-state index in [0.29, 0.717) is 12.3 Å². The SMILES string of the molecule is CCNC(=NCCCc1nnc2ccccn12)N1CCCC(CC(N)=O)C1.I. The maximum absolute atomic E-state index is 11.2. The maximum atomic E-state index is 11.2. The summed E-state index contributed by atoms with van der Waals surface area (Å²) in [5.41, 5.74) is 6.24. The van der Waals surface area contributed by atoms with Gasteiger partial charge in [-0.15, -0.1) is 34.2 Å². The second-order valence-corrected chi connectivity index (χ2v) is 7.01. The molecule has 0 aromatic carbocycles. The van der Waals surface area contributed by atoms with Gasteiger partial charge in [-0.05, 0) is 44.2 Å². The molecule has 2 aromatic heterocycles. The number of amides is 1. The van der Waals surface area contributed by atoms with Crippen molar-refractivity contribution in [3.05, 3.63) is 30.2 Å². The number of pyridine rings is 1. The van der Waals surface area contributed by atoms with Crippen LogP contribution in [-0.2, 0) is 11.2 Å². The fourth-order valence-corrected chi connectivity index (χ4v) is 3.62. The summed E-state index contributed by atoms with van der Waals surface area (Å²) < 4.78 is 2.02. The zero-order valence-electron chi connectivity index (χ0n) is 16.4. The first-order chi connectivity index (χ1) is 13.2. The van der Waals surface area contributed by atoms with Gasteiger partial charge in [-0.3, -0.25) is 14.2 Å². The molecule has 1 unspecified atom stereocenters. The highest BCUT2D eigenvalue weighted by Crippen LogP contribution is 2.19. The fraction of sp³-hybridized carbons (Fsp3) is 0.579. The normalized spacial score (nSPS) is 17.4. The number of carbonyl (C=O) groups is 1. The second-order valence-electron chi connectivity index (χ2n) is 7.01. The van der Waals surface area contributed by atoms with Crippen molar-refractivity contribution in [1.29, 1.82) is 0 Å². The molecule has 0 aliphatic carbocycles. The van der Waals surface area contributed by atoms with Gasteiger partial charge in [0.1, 0.15) is 5.82 Å². The van der Waals surface area contributed by atoms with Crippen LogP contribution in [0.1, 0.15) is 38.4 Å². The summed E-state index contributed by atoms with van der Waals surface area (Å²) in [6.45, 7) is 5.42. The number of rotatable bonds is 7. The number of halogens is 1. The van der Waals surface area contributed by atoms with Crippen molar-refractivity contribution < 1.29 is 4.79 Å². The van der Waals surface area contributed by atoms with E-state index in [1.807, 2.05) is 28.8 Å². The predicted molar refractivity (Wildman–Crippen MR) is 121 cm³/mol. The number of aromatic nitrogens is 3. The Hall–Kier alpha value is -1.91. The van der Waals surface area contributed by atoms with E-state index in [-0.39, 0.29) is 29.9 Å². The number of primary amides is 1. The maximum Gasteiger partial charge on any atom is 0.217 e. The minimum absolute atomic E-state index is 0. The van der Waals surface area contributed by atoms with Crippen molar-refractivity contribution in [2.24, 2.45) is 16.6 Å². The Morgan fingerprint density at radius 2 is 2.25 bits per heavy atom. The van der Waals surface area contributed by atoms with Gasteiger partial charge < -0.3 is 16.0 Å². The summed E-state index contributed by atoms with van der Waals surface area (Å²) in [5.74, 6) is 2.00. The summed E-state index contributed by atoms with van der Waals surface area (Å²) in [5, 5.41) is 11.8. The largest absolute Gasteiger partial charge is 0.370 e. The van der Waals surface area contributed by atoms with Crippen LogP contribution in [0.4, 0.5) is 0 Å². The van der Waals surface area contributed by atoms with Gasteiger partial charge in [0.2, 0.25) is 5.91 Å². The molecule has 3 N–H and O–H groups in total. The van der Waals surface area contributed by atoms with Crippen LogP contribution in [0, 0.1) is 5.92 Å². The topological polar surface area (TPSA) is 101 Å². The molecule has 1 atom stereocenters. The Labute approximate surface area is 183 Å². The van der Waals surface area contributed by atoms with Crippen LogP contribution < -0.4 is 11.1 Å². The summed E-state index contributed by atoms with van der Waals surface area (Å²) in [6.07, 6.45) is 6.30. The Bertz CT molecular complexity index is 791. The number of aryl methyl sites for hydroxylation is 1. The molecule has 1 fully saturated rings. The first-order valence-corrected chi connectivity index (χ1v) is 9.77. The summed E-state index contributed by atoms with van der Waals surface area (Å²) in [7, 11) is 0. The molecular formula is C19H30IN7O. The molecule has 0 radical (unpaired) electrons. The van der Waals surface area contributed by atoms with Crippen molar-refractivity contribution >= 4 is 41.5 Å². The average Bonchev–Trinajstić information content (AvgIpc) is 3.07. The number of likely N-dealkylation sites (tertiary alicyclic amines) is 1. The van der Waals surface area contributed by atoms with Gasteiger partial charge in [0, 0.05) is 45.2 Å². The lowest BCUT2D eigenvalue weighted by Crippen LogP contribution is -2.47. The van der Waals surface area contributed by atoms with Crippen LogP contribution in [-0.4, -0.2) is 57.5 Å². The van der Waals surface area contributed by atoms with Crippen LogP contribution >= 0.6 is 24.0 Å². The third-order valence-electron chi connectivity index (χ3n) is 4.85. The fourth-order valence-electron chi connectivity index (χ4n) is 3.62. The van der Waals surface area contributed by atoms with Crippen molar-refractivity contribution in [1.82, 2.24) is 24.8 Å². The number of hydrogen-bond donors (Lipinski definition) is 2. The second kappa shape index (κ2) is 11.2. The predicted octanol–water partition coefficient (Wildman–Crippen LogP) is 1.83. The molecule has 3 heterocycles. The van der Waals surface area contributed by atoms with Crippen molar-refractivity contribution in [3.8, 4) is 0 Å². The van der Waals surface area contributed by atoms with Crippen molar-refractivity contribution in [3.63, 3.8) is 0 Å². The molecule has 0 spiro atoms. The van der Waals surface area contributed by atoms with Crippen molar-refractivity contribution in [2.75, 3.05) is 26.2 Å². The van der Waals surface area contributed by atoms with E-state index in [4.69, 9.17) is 10.7 Å². The summed E-state index contributed by atoms with van der Waals surface area (Å²) in [6, 6.07) is 5.90. The zero-order chi connectivity index (χ0) is 19.1. The molecule has 1 saturated heterocycles. The smallest absolute Gasteiger partial charge is 0.217 e. The minimum Gasteiger partial charge on any atom is -0.370 e. The van der Waals surface area contributed by atoms with E-state index in [0.717, 1.165) is 69.3 Å². The number of nitrogens with two attached hydrogens (primary N) is 1. The van der Waals surface area contributed by atoms with E-state index in [2.05, 4.69) is 27.3 Å². The Balaban J connectivity index is 0.00000280. The van der Waals surface area contributed by atoms with E-state index >= 15 is 0 Å².